The third-order valence-corrected chi connectivity index (χ3v) is 8.09. The van der Waals surface area contributed by atoms with Crippen molar-refractivity contribution in [1.82, 2.24) is 10.4 Å². The first kappa shape index (κ1) is 33.9. The molecule has 3 aliphatic rings. The highest BCUT2D eigenvalue weighted by atomic mass is 16.7. The Bertz CT molecular complexity index is 1860. The zero-order valence-corrected chi connectivity index (χ0v) is 27.1. The van der Waals surface area contributed by atoms with Crippen molar-refractivity contribution in [2.24, 2.45) is 5.16 Å². The van der Waals surface area contributed by atoms with Gasteiger partial charge in [0, 0.05) is 43.5 Å². The van der Waals surface area contributed by atoms with Crippen molar-refractivity contribution in [3.63, 3.8) is 0 Å². The minimum Gasteiger partial charge on any atom is -0.445 e. The number of para-hydroxylation sites is 1. The Balaban J connectivity index is 0.900. The van der Waals surface area contributed by atoms with Crippen molar-refractivity contribution in [1.29, 1.82) is 0 Å². The number of hydrogen-bond acceptors (Lipinski definition) is 10. The number of ether oxygens (including phenoxy) is 2. The zero-order valence-electron chi connectivity index (χ0n) is 27.1. The lowest BCUT2D eigenvalue weighted by atomic mass is 10.0. The van der Waals surface area contributed by atoms with Crippen LogP contribution in [0.15, 0.2) is 78.0 Å². The Morgan fingerprint density at radius 3 is 2.42 bits per heavy atom. The van der Waals surface area contributed by atoms with Gasteiger partial charge in [0.1, 0.15) is 6.61 Å². The normalized spacial score (nSPS) is 16.3. The highest BCUT2D eigenvalue weighted by Gasteiger charge is 2.33. The van der Waals surface area contributed by atoms with Crippen LogP contribution in [0.2, 0.25) is 0 Å². The van der Waals surface area contributed by atoms with Crippen molar-refractivity contribution in [3.05, 3.63) is 101 Å². The van der Waals surface area contributed by atoms with E-state index in [0.717, 1.165) is 28.1 Å². The molecule has 3 aromatic carbocycles. The average molecular weight is 679 g/mol. The van der Waals surface area contributed by atoms with Crippen LogP contribution in [-0.4, -0.2) is 73.0 Å². The first-order chi connectivity index (χ1) is 24.4. The van der Waals surface area contributed by atoms with Gasteiger partial charge >= 0.3 is 12.1 Å². The molecule has 4 amide bonds. The molecule has 1 unspecified atom stereocenters. The van der Waals surface area contributed by atoms with E-state index >= 15 is 0 Å². The Morgan fingerprint density at radius 2 is 1.62 bits per heavy atom. The summed E-state index contributed by atoms with van der Waals surface area (Å²) in [6.07, 6.45) is -0.0699. The van der Waals surface area contributed by atoms with E-state index in [4.69, 9.17) is 19.1 Å². The number of amides is 4. The van der Waals surface area contributed by atoms with Gasteiger partial charge in [-0.25, -0.2) is 9.59 Å². The molecule has 0 spiro atoms. The highest BCUT2D eigenvalue weighted by molar-refractivity contribution is 6.09. The van der Waals surface area contributed by atoms with E-state index in [1.807, 2.05) is 66.7 Å². The SMILES string of the molecule is O=C(CCCOCCNC(=O)OCc1ccc(C2=NOC(CN3C(=O)c4ccccc4C#Cc4ccccc43)C2)cc1)ON1C(=O)CCC1=O. The van der Waals surface area contributed by atoms with Crippen LogP contribution in [0.3, 0.4) is 0 Å². The molecule has 0 radical (unpaired) electrons. The van der Waals surface area contributed by atoms with E-state index in [-0.39, 0.29) is 57.6 Å². The number of fused-ring (bicyclic) bond motifs is 2. The van der Waals surface area contributed by atoms with Crippen LogP contribution < -0.4 is 10.2 Å². The summed E-state index contributed by atoms with van der Waals surface area (Å²) in [6.45, 7) is 0.987. The van der Waals surface area contributed by atoms with Crippen LogP contribution in [0.4, 0.5) is 10.5 Å². The highest BCUT2D eigenvalue weighted by Crippen LogP contribution is 2.28. The number of alkyl carbamates (subject to hydrolysis) is 1. The van der Waals surface area contributed by atoms with Crippen LogP contribution in [0, 0.1) is 11.8 Å². The minimum absolute atomic E-state index is 0.0215. The number of carbonyl (C=O) groups excluding carboxylic acids is 5. The summed E-state index contributed by atoms with van der Waals surface area (Å²) in [5.74, 6) is 4.45. The van der Waals surface area contributed by atoms with Gasteiger partial charge in [-0.2, -0.15) is 0 Å². The van der Waals surface area contributed by atoms with E-state index < -0.39 is 23.9 Å². The molecule has 3 heterocycles. The Hall–Kier alpha value is -6.00. The predicted octanol–water partition coefficient (Wildman–Crippen LogP) is 3.87. The molecule has 6 rings (SSSR count). The van der Waals surface area contributed by atoms with Gasteiger partial charge in [-0.05, 0) is 41.8 Å². The summed E-state index contributed by atoms with van der Waals surface area (Å²) in [5, 5.41) is 7.42. The van der Waals surface area contributed by atoms with Gasteiger partial charge < -0.3 is 29.4 Å². The van der Waals surface area contributed by atoms with Crippen LogP contribution in [0.25, 0.3) is 0 Å². The number of nitrogens with zero attached hydrogens (tertiary/aromatic N) is 3. The van der Waals surface area contributed by atoms with Crippen molar-refractivity contribution >= 4 is 41.2 Å². The molecule has 3 aromatic rings. The van der Waals surface area contributed by atoms with Crippen LogP contribution in [0.1, 0.15) is 64.7 Å². The van der Waals surface area contributed by atoms with Crippen molar-refractivity contribution in [2.45, 2.75) is 44.8 Å². The summed E-state index contributed by atoms with van der Waals surface area (Å²) in [5.41, 5.74) is 5.11. The largest absolute Gasteiger partial charge is 0.445 e. The van der Waals surface area contributed by atoms with Crippen molar-refractivity contribution < 1.29 is 43.1 Å². The molecule has 1 N–H and O–H groups in total. The Labute approximate surface area is 288 Å². The number of oxime groups is 1. The van der Waals surface area contributed by atoms with Crippen LogP contribution >= 0.6 is 0 Å². The van der Waals surface area contributed by atoms with E-state index in [0.29, 0.717) is 35.6 Å². The molecule has 0 aromatic heterocycles. The van der Waals surface area contributed by atoms with Gasteiger partial charge in [-0.1, -0.05) is 65.5 Å². The molecule has 1 fully saturated rings. The number of carbonyl (C=O) groups is 5. The minimum atomic E-state index is -0.689. The third kappa shape index (κ3) is 8.34. The number of rotatable bonds is 13. The Morgan fingerprint density at radius 1 is 0.900 bits per heavy atom. The number of nitrogens with one attached hydrogen (secondary N) is 1. The molecule has 256 valence electrons. The van der Waals surface area contributed by atoms with Gasteiger partial charge in [-0.15, -0.1) is 5.06 Å². The maximum atomic E-state index is 13.7. The number of hydrogen-bond donors (Lipinski definition) is 1. The quantitative estimate of drug-likeness (QED) is 0.161. The lowest BCUT2D eigenvalue weighted by Crippen LogP contribution is -2.39. The van der Waals surface area contributed by atoms with Crippen molar-refractivity contribution in [2.75, 3.05) is 31.2 Å². The summed E-state index contributed by atoms with van der Waals surface area (Å²) in [7, 11) is 0. The monoisotopic (exact) mass is 678 g/mol. The van der Waals surface area contributed by atoms with E-state index in [1.54, 1.807) is 11.0 Å². The maximum absolute atomic E-state index is 13.7. The first-order valence-electron chi connectivity index (χ1n) is 16.2. The zero-order chi connectivity index (χ0) is 34.9. The molecule has 0 saturated carbocycles. The lowest BCUT2D eigenvalue weighted by Gasteiger charge is -2.27. The first-order valence-corrected chi connectivity index (χ1v) is 16.2. The van der Waals surface area contributed by atoms with E-state index in [1.165, 1.54) is 0 Å². The fraction of sp³-hybridized carbons (Fsp3) is 0.297. The van der Waals surface area contributed by atoms with Gasteiger partial charge in [0.25, 0.3) is 17.7 Å². The molecule has 3 aliphatic heterocycles. The average Bonchev–Trinajstić information content (AvgIpc) is 3.73. The van der Waals surface area contributed by atoms with Crippen LogP contribution in [0.5, 0.6) is 0 Å². The summed E-state index contributed by atoms with van der Waals surface area (Å²) < 4.78 is 10.7. The number of imide groups is 1. The summed E-state index contributed by atoms with van der Waals surface area (Å²) in [4.78, 5) is 72.9. The molecule has 13 heteroatoms. The molecular formula is C37H34N4O9. The van der Waals surface area contributed by atoms with E-state index in [9.17, 15) is 24.0 Å². The molecule has 13 nitrogen and oxygen atoms in total. The molecule has 0 aliphatic carbocycles. The maximum Gasteiger partial charge on any atom is 0.407 e. The molecule has 1 saturated heterocycles. The number of anilines is 1. The topological polar surface area (TPSA) is 153 Å². The van der Waals surface area contributed by atoms with Gasteiger partial charge in [0.15, 0.2) is 6.10 Å². The summed E-state index contributed by atoms with van der Waals surface area (Å²) >= 11 is 0. The molecule has 1 atom stereocenters. The molecule has 50 heavy (non-hydrogen) atoms. The fourth-order valence-corrected chi connectivity index (χ4v) is 5.51. The summed E-state index contributed by atoms with van der Waals surface area (Å²) in [6, 6.07) is 22.4. The molecular weight excluding hydrogens is 644 g/mol. The second kappa shape index (κ2) is 15.9. The van der Waals surface area contributed by atoms with Crippen LogP contribution in [-0.2, 0) is 40.1 Å². The second-order valence-corrected chi connectivity index (χ2v) is 11.7. The lowest BCUT2D eigenvalue weighted by molar-refractivity contribution is -0.197. The third-order valence-electron chi connectivity index (χ3n) is 8.09. The smallest absolute Gasteiger partial charge is 0.407 e. The van der Waals surface area contributed by atoms with Gasteiger partial charge in [0.2, 0.25) is 0 Å². The standard InChI is InChI=1S/C37H34N4O9/c42-33-17-18-34(43)41(33)50-35(44)10-5-20-47-21-19-38-37(46)48-24-25-11-13-27(14-12-25)31-22-29(49-39-31)23-40-32-9-4-2-7-28(32)16-15-26-6-1-3-8-30(26)36(40)45/h1-4,6-9,11-14,29H,5,10,17-24H2,(H,38,46). The predicted molar refractivity (Wildman–Crippen MR) is 178 cm³/mol. The second-order valence-electron chi connectivity index (χ2n) is 11.7. The Kier molecular flexibility index (Phi) is 10.8. The van der Waals surface area contributed by atoms with Crippen molar-refractivity contribution in [3.8, 4) is 11.8 Å². The van der Waals surface area contributed by atoms with Gasteiger partial charge in [0.05, 0.1) is 36.5 Å². The van der Waals surface area contributed by atoms with Gasteiger partial charge in [-0.3, -0.25) is 14.4 Å². The number of hydroxylamine groups is 2. The fourth-order valence-electron chi connectivity index (χ4n) is 5.51. The molecule has 0 bridgehead atoms. The van der Waals surface area contributed by atoms with E-state index in [2.05, 4.69) is 22.3 Å². The number of benzene rings is 3.